The van der Waals surface area contributed by atoms with Gasteiger partial charge in [-0.25, -0.2) is 4.98 Å². The molecule has 1 saturated heterocycles. The minimum Gasteiger partial charge on any atom is -0.376 e. The summed E-state index contributed by atoms with van der Waals surface area (Å²) in [5.74, 6) is 2.99. The lowest BCUT2D eigenvalue weighted by atomic mass is 9.77. The number of aryl methyl sites for hydroxylation is 1. The van der Waals surface area contributed by atoms with Crippen molar-refractivity contribution >= 4 is 23.3 Å². The number of halogens is 1. The van der Waals surface area contributed by atoms with Gasteiger partial charge in [-0.15, -0.1) is 0 Å². The Morgan fingerprint density at radius 3 is 2.73 bits per heavy atom. The van der Waals surface area contributed by atoms with Crippen molar-refractivity contribution in [2.75, 3.05) is 24.6 Å². The first-order valence-corrected chi connectivity index (χ1v) is 10.1. The maximum Gasteiger partial charge on any atom is 0.217 e. The molecule has 1 aromatic rings. The zero-order valence-corrected chi connectivity index (χ0v) is 16.3. The van der Waals surface area contributed by atoms with E-state index in [1.807, 2.05) is 6.07 Å². The Labute approximate surface area is 160 Å². The molecule has 2 heterocycles. The number of hydrogen-bond acceptors (Lipinski definition) is 4. The molecule has 5 nitrogen and oxygen atoms in total. The van der Waals surface area contributed by atoms with Crippen LogP contribution < -0.4 is 10.2 Å². The molecule has 1 amide bonds. The first kappa shape index (κ1) is 18.1. The van der Waals surface area contributed by atoms with E-state index in [2.05, 4.69) is 22.1 Å². The maximum atomic E-state index is 11.7. The van der Waals surface area contributed by atoms with Crippen LogP contribution in [0.3, 0.4) is 0 Å². The van der Waals surface area contributed by atoms with E-state index in [0.29, 0.717) is 16.9 Å². The van der Waals surface area contributed by atoms with E-state index in [9.17, 15) is 4.79 Å². The third kappa shape index (κ3) is 3.99. The third-order valence-electron chi connectivity index (χ3n) is 6.07. The van der Waals surface area contributed by atoms with Crippen LogP contribution in [0.1, 0.15) is 38.2 Å². The van der Waals surface area contributed by atoms with Crippen molar-refractivity contribution in [3.63, 3.8) is 0 Å². The van der Waals surface area contributed by atoms with Crippen molar-refractivity contribution in [2.24, 2.45) is 17.8 Å². The number of fused-ring (bicyclic) bond motifs is 1. The van der Waals surface area contributed by atoms with Crippen molar-refractivity contribution < 1.29 is 9.53 Å². The second-order valence-electron chi connectivity index (χ2n) is 8.31. The molecule has 2 saturated carbocycles. The highest BCUT2D eigenvalue weighted by Crippen LogP contribution is 2.40. The summed E-state index contributed by atoms with van der Waals surface area (Å²) in [5, 5.41) is 3.83. The van der Waals surface area contributed by atoms with Crippen molar-refractivity contribution in [1.82, 2.24) is 10.3 Å². The van der Waals surface area contributed by atoms with Crippen LogP contribution in [0.4, 0.5) is 5.82 Å². The molecule has 1 N–H and O–H groups in total. The number of aromatic nitrogens is 1. The summed E-state index contributed by atoms with van der Waals surface area (Å²) in [4.78, 5) is 18.6. The van der Waals surface area contributed by atoms with Gasteiger partial charge in [0.15, 0.2) is 0 Å². The molecule has 6 heteroatoms. The number of nitrogens with zero attached hydrogens (tertiary/aromatic N) is 2. The van der Waals surface area contributed by atoms with Crippen LogP contribution in [-0.2, 0) is 9.53 Å². The predicted octanol–water partition coefficient (Wildman–Crippen LogP) is 3.19. The Kier molecular flexibility index (Phi) is 5.11. The normalized spacial score (nSPS) is 31.0. The molecule has 3 fully saturated rings. The van der Waals surface area contributed by atoms with Crippen LogP contribution in [0, 0.1) is 24.7 Å². The standard InChI is InChI=1S/C20H28ClN3O2/c1-12-5-17(21)8-22-20(12)24-9-15-6-18(23-13(2)25)19(7-16(15)10-24)26-11-14-3-4-14/h5,8,14-16,18-19H,3-4,6-7,9-11H2,1-2H3,(H,23,25)/t15-,16+,18-,19-/m1/s1. The summed E-state index contributed by atoms with van der Waals surface area (Å²) in [7, 11) is 0. The van der Waals surface area contributed by atoms with Gasteiger partial charge < -0.3 is 15.0 Å². The molecule has 0 bridgehead atoms. The summed E-state index contributed by atoms with van der Waals surface area (Å²) >= 11 is 6.06. The van der Waals surface area contributed by atoms with E-state index in [-0.39, 0.29) is 18.1 Å². The fourth-order valence-electron chi connectivity index (χ4n) is 4.59. The number of nitrogens with one attached hydrogen (secondary N) is 1. The van der Waals surface area contributed by atoms with Crippen molar-refractivity contribution in [3.05, 3.63) is 22.8 Å². The van der Waals surface area contributed by atoms with E-state index in [0.717, 1.165) is 49.8 Å². The quantitative estimate of drug-likeness (QED) is 0.856. The number of ether oxygens (including phenoxy) is 1. The number of hydrogen-bond donors (Lipinski definition) is 1. The van der Waals surface area contributed by atoms with E-state index in [1.54, 1.807) is 13.1 Å². The fraction of sp³-hybridized carbons (Fsp3) is 0.700. The van der Waals surface area contributed by atoms with Crippen LogP contribution in [0.5, 0.6) is 0 Å². The molecule has 3 aliphatic rings. The number of pyridine rings is 1. The van der Waals surface area contributed by atoms with Gasteiger partial charge in [0.25, 0.3) is 0 Å². The average molecular weight is 378 g/mol. The van der Waals surface area contributed by atoms with Gasteiger partial charge in [-0.1, -0.05) is 11.6 Å². The maximum absolute atomic E-state index is 11.7. The highest BCUT2D eigenvalue weighted by Gasteiger charge is 2.44. The molecule has 1 aromatic heterocycles. The lowest BCUT2D eigenvalue weighted by Gasteiger charge is -2.38. The average Bonchev–Trinajstić information content (AvgIpc) is 3.31. The summed E-state index contributed by atoms with van der Waals surface area (Å²) < 4.78 is 6.24. The van der Waals surface area contributed by atoms with Crippen LogP contribution in [0.25, 0.3) is 0 Å². The van der Waals surface area contributed by atoms with E-state index < -0.39 is 0 Å². The first-order chi connectivity index (χ1) is 12.5. The number of amides is 1. The topological polar surface area (TPSA) is 54.5 Å². The number of carbonyl (C=O) groups is 1. The number of anilines is 1. The van der Waals surface area contributed by atoms with Crippen LogP contribution in [-0.4, -0.2) is 42.7 Å². The summed E-state index contributed by atoms with van der Waals surface area (Å²) in [6, 6.07) is 2.11. The first-order valence-electron chi connectivity index (χ1n) is 9.75. The highest BCUT2D eigenvalue weighted by molar-refractivity contribution is 6.30. The third-order valence-corrected chi connectivity index (χ3v) is 6.27. The van der Waals surface area contributed by atoms with Crippen LogP contribution >= 0.6 is 11.6 Å². The molecule has 1 aliphatic heterocycles. The minimum absolute atomic E-state index is 0.0403. The van der Waals surface area contributed by atoms with E-state index in [4.69, 9.17) is 16.3 Å². The van der Waals surface area contributed by atoms with E-state index >= 15 is 0 Å². The molecular weight excluding hydrogens is 350 g/mol. The summed E-state index contributed by atoms with van der Waals surface area (Å²) in [6.07, 6.45) is 6.46. The fourth-order valence-corrected chi connectivity index (χ4v) is 4.80. The zero-order valence-electron chi connectivity index (χ0n) is 15.6. The summed E-state index contributed by atoms with van der Waals surface area (Å²) in [5.41, 5.74) is 1.12. The number of rotatable bonds is 5. The van der Waals surface area contributed by atoms with Gasteiger partial charge in [-0.2, -0.15) is 0 Å². The van der Waals surface area contributed by atoms with E-state index in [1.165, 1.54) is 12.8 Å². The van der Waals surface area contributed by atoms with Crippen LogP contribution in [0.15, 0.2) is 12.3 Å². The molecule has 4 rings (SSSR count). The number of carbonyl (C=O) groups excluding carboxylic acids is 1. The molecule has 0 radical (unpaired) electrons. The second-order valence-corrected chi connectivity index (χ2v) is 8.75. The lowest BCUT2D eigenvalue weighted by molar-refractivity contribution is -0.122. The Bertz CT molecular complexity index is 679. The van der Waals surface area contributed by atoms with Gasteiger partial charge in [0.2, 0.25) is 5.91 Å². The largest absolute Gasteiger partial charge is 0.376 e. The highest BCUT2D eigenvalue weighted by atomic mass is 35.5. The summed E-state index contributed by atoms with van der Waals surface area (Å²) in [6.45, 7) is 6.52. The van der Waals surface area contributed by atoms with Gasteiger partial charge in [-0.05, 0) is 62.0 Å². The molecule has 4 atom stereocenters. The molecule has 0 unspecified atom stereocenters. The molecule has 0 aromatic carbocycles. The SMILES string of the molecule is CC(=O)N[C@@H]1C[C@@H]2CN(c3ncc(Cl)cc3C)C[C@@H]2C[C@H]1OCC1CC1. The lowest BCUT2D eigenvalue weighted by Crippen LogP contribution is -2.50. The Morgan fingerprint density at radius 2 is 2.08 bits per heavy atom. The molecule has 142 valence electrons. The second kappa shape index (κ2) is 7.35. The van der Waals surface area contributed by atoms with Gasteiger partial charge in [0.05, 0.1) is 17.2 Å². The molecular formula is C20H28ClN3O2. The Balaban J connectivity index is 1.45. The van der Waals surface area contributed by atoms with Crippen molar-refractivity contribution in [1.29, 1.82) is 0 Å². The minimum atomic E-state index is 0.0403. The van der Waals surface area contributed by atoms with Gasteiger partial charge >= 0.3 is 0 Å². The van der Waals surface area contributed by atoms with Crippen molar-refractivity contribution in [3.8, 4) is 0 Å². The smallest absolute Gasteiger partial charge is 0.217 e. The van der Waals surface area contributed by atoms with Crippen molar-refractivity contribution in [2.45, 2.75) is 51.7 Å². The Hall–Kier alpha value is -1.33. The monoisotopic (exact) mass is 377 g/mol. The van der Waals surface area contributed by atoms with Crippen LogP contribution in [0.2, 0.25) is 5.02 Å². The zero-order chi connectivity index (χ0) is 18.3. The van der Waals surface area contributed by atoms with Gasteiger partial charge in [-0.3, -0.25) is 4.79 Å². The molecule has 26 heavy (non-hydrogen) atoms. The Morgan fingerprint density at radius 1 is 1.35 bits per heavy atom. The predicted molar refractivity (Wildman–Crippen MR) is 102 cm³/mol. The molecule has 0 spiro atoms. The molecule has 2 aliphatic carbocycles. The van der Waals surface area contributed by atoms with Gasteiger partial charge in [0, 0.05) is 32.8 Å². The van der Waals surface area contributed by atoms with Gasteiger partial charge in [0.1, 0.15) is 5.82 Å².